The molecule has 2 aromatic carbocycles. The Kier molecular flexibility index (Phi) is 5.35. The molecule has 7 nitrogen and oxygen atoms in total. The molecule has 1 aliphatic heterocycles. The van der Waals surface area contributed by atoms with Gasteiger partial charge < -0.3 is 0 Å². The minimum atomic E-state index is -4.08. The molecule has 0 bridgehead atoms. The highest BCUT2D eigenvalue weighted by Gasteiger charge is 2.23. The average molecular weight is 439 g/mol. The SMILES string of the molecule is O=C(c1ccc(Cl)cc1NS(=O)(=O)c1cccc2nccnc12)N1C=CC=CC=C1. The Hall–Kier alpha value is -3.49. The third kappa shape index (κ3) is 3.96. The number of amides is 1. The minimum Gasteiger partial charge on any atom is -0.291 e. The smallest absolute Gasteiger partial charge is 0.264 e. The zero-order valence-corrected chi connectivity index (χ0v) is 17.0. The second-order valence-corrected chi connectivity index (χ2v) is 8.34. The van der Waals surface area contributed by atoms with Crippen LogP contribution in [0.1, 0.15) is 10.4 Å². The van der Waals surface area contributed by atoms with Crippen molar-refractivity contribution in [1.29, 1.82) is 0 Å². The van der Waals surface area contributed by atoms with Gasteiger partial charge in [-0.1, -0.05) is 29.8 Å². The fourth-order valence-corrected chi connectivity index (χ4v) is 4.32. The molecule has 0 spiro atoms. The Morgan fingerprint density at radius 1 is 0.967 bits per heavy atom. The van der Waals surface area contributed by atoms with Crippen molar-refractivity contribution in [3.63, 3.8) is 0 Å². The molecule has 2 heterocycles. The van der Waals surface area contributed by atoms with Gasteiger partial charge in [0.05, 0.1) is 16.8 Å². The molecule has 150 valence electrons. The standard InChI is InChI=1S/C21H15ClN4O3S/c22-15-8-9-16(21(27)26-12-3-1-2-4-13-26)18(14-15)25-30(28,29)19-7-5-6-17-20(19)24-11-10-23-17/h1-14,25H. The first-order chi connectivity index (χ1) is 14.5. The molecular weight excluding hydrogens is 424 g/mol. The highest BCUT2D eigenvalue weighted by Crippen LogP contribution is 2.27. The maximum absolute atomic E-state index is 13.1. The van der Waals surface area contributed by atoms with Crippen LogP contribution in [0.5, 0.6) is 0 Å². The Labute approximate surface area is 178 Å². The molecule has 0 fully saturated rings. The van der Waals surface area contributed by atoms with Crippen LogP contribution in [0, 0.1) is 0 Å². The number of benzene rings is 2. The number of aromatic nitrogens is 2. The summed E-state index contributed by atoms with van der Waals surface area (Å²) in [5.41, 5.74) is 0.875. The van der Waals surface area contributed by atoms with Gasteiger partial charge in [0.1, 0.15) is 10.4 Å². The van der Waals surface area contributed by atoms with Crippen LogP contribution in [0.15, 0.2) is 90.4 Å². The fourth-order valence-electron chi connectivity index (χ4n) is 2.91. The van der Waals surface area contributed by atoms with E-state index in [4.69, 9.17) is 11.6 Å². The Morgan fingerprint density at radius 3 is 2.47 bits per heavy atom. The number of hydrogen-bond donors (Lipinski definition) is 1. The zero-order chi connectivity index (χ0) is 21.1. The summed E-state index contributed by atoms with van der Waals surface area (Å²) in [7, 11) is -4.08. The van der Waals surface area contributed by atoms with E-state index in [9.17, 15) is 13.2 Å². The summed E-state index contributed by atoms with van der Waals surface area (Å²) in [6.45, 7) is 0. The number of nitrogens with zero attached hydrogens (tertiary/aromatic N) is 3. The topological polar surface area (TPSA) is 92.3 Å². The van der Waals surface area contributed by atoms with E-state index in [-0.39, 0.29) is 26.7 Å². The Bertz CT molecular complexity index is 1310. The van der Waals surface area contributed by atoms with E-state index in [2.05, 4.69) is 14.7 Å². The van der Waals surface area contributed by atoms with E-state index in [0.29, 0.717) is 5.52 Å². The number of carbonyl (C=O) groups excluding carboxylic acids is 1. The van der Waals surface area contributed by atoms with Crippen molar-refractivity contribution < 1.29 is 13.2 Å². The van der Waals surface area contributed by atoms with Gasteiger partial charge in [-0.2, -0.15) is 0 Å². The van der Waals surface area contributed by atoms with Crippen LogP contribution in [0.2, 0.25) is 5.02 Å². The fraction of sp³-hybridized carbons (Fsp3) is 0. The number of carbonyl (C=O) groups is 1. The van der Waals surface area contributed by atoms with Crippen LogP contribution in [0.3, 0.4) is 0 Å². The lowest BCUT2D eigenvalue weighted by atomic mass is 10.1. The monoisotopic (exact) mass is 438 g/mol. The van der Waals surface area contributed by atoms with Gasteiger partial charge in [-0.3, -0.25) is 24.4 Å². The van der Waals surface area contributed by atoms with E-state index in [0.717, 1.165) is 0 Å². The van der Waals surface area contributed by atoms with Gasteiger partial charge in [-0.05, 0) is 42.5 Å². The molecule has 0 radical (unpaired) electrons. The summed E-state index contributed by atoms with van der Waals surface area (Å²) in [4.78, 5) is 22.6. The van der Waals surface area contributed by atoms with Crippen LogP contribution >= 0.6 is 11.6 Å². The first-order valence-corrected chi connectivity index (χ1v) is 10.7. The number of rotatable bonds is 4. The molecule has 3 aromatic rings. The number of fused-ring (bicyclic) bond motifs is 1. The highest BCUT2D eigenvalue weighted by atomic mass is 35.5. The molecule has 0 atom stereocenters. The normalized spacial score (nSPS) is 13.4. The van der Waals surface area contributed by atoms with E-state index < -0.39 is 15.9 Å². The molecule has 0 saturated carbocycles. The maximum Gasteiger partial charge on any atom is 0.264 e. The summed E-state index contributed by atoms with van der Waals surface area (Å²) >= 11 is 6.08. The lowest BCUT2D eigenvalue weighted by molar-refractivity contribution is 0.0870. The van der Waals surface area contributed by atoms with E-state index in [1.54, 1.807) is 48.8 Å². The van der Waals surface area contributed by atoms with Crippen LogP contribution in [-0.4, -0.2) is 29.2 Å². The van der Waals surface area contributed by atoms with Gasteiger partial charge in [-0.15, -0.1) is 0 Å². The number of para-hydroxylation sites is 1. The van der Waals surface area contributed by atoms with Gasteiger partial charge in [0.2, 0.25) is 0 Å². The molecule has 0 aliphatic carbocycles. The zero-order valence-electron chi connectivity index (χ0n) is 15.4. The van der Waals surface area contributed by atoms with Crippen molar-refractivity contribution in [3.8, 4) is 0 Å². The molecule has 1 N–H and O–H groups in total. The number of halogens is 1. The van der Waals surface area contributed by atoms with Crippen LogP contribution < -0.4 is 4.72 Å². The molecule has 4 rings (SSSR count). The summed E-state index contributed by atoms with van der Waals surface area (Å²) in [5.74, 6) is -0.418. The van der Waals surface area contributed by atoms with Crippen molar-refractivity contribution in [1.82, 2.24) is 14.9 Å². The van der Waals surface area contributed by atoms with Gasteiger partial charge >= 0.3 is 0 Å². The van der Waals surface area contributed by atoms with Gasteiger partial charge in [0.25, 0.3) is 15.9 Å². The summed E-state index contributed by atoms with van der Waals surface area (Å²) in [5, 5.41) is 0.283. The molecular formula is C21H15ClN4O3S. The van der Waals surface area contributed by atoms with Gasteiger partial charge in [0.15, 0.2) is 0 Å². The van der Waals surface area contributed by atoms with Crippen LogP contribution in [-0.2, 0) is 10.0 Å². The number of sulfonamides is 1. The summed E-state index contributed by atoms with van der Waals surface area (Å²) in [6.07, 6.45) is 13.0. The first-order valence-electron chi connectivity index (χ1n) is 8.82. The molecule has 1 amide bonds. The first kappa shape index (κ1) is 19.8. The van der Waals surface area contributed by atoms with Crippen LogP contribution in [0.4, 0.5) is 5.69 Å². The van der Waals surface area contributed by atoms with Crippen LogP contribution in [0.25, 0.3) is 11.0 Å². The van der Waals surface area contributed by atoms with Crippen molar-refractivity contribution >= 4 is 44.3 Å². The van der Waals surface area contributed by atoms with E-state index in [1.165, 1.54) is 41.6 Å². The van der Waals surface area contributed by atoms with Crippen molar-refractivity contribution in [2.24, 2.45) is 0 Å². The van der Waals surface area contributed by atoms with E-state index >= 15 is 0 Å². The molecule has 30 heavy (non-hydrogen) atoms. The molecule has 1 aliphatic rings. The van der Waals surface area contributed by atoms with Gasteiger partial charge in [-0.25, -0.2) is 8.42 Å². The number of allylic oxidation sites excluding steroid dienone is 4. The third-order valence-electron chi connectivity index (χ3n) is 4.27. The van der Waals surface area contributed by atoms with Crippen molar-refractivity contribution in [3.05, 3.63) is 96.1 Å². The minimum absolute atomic E-state index is 0.0507. The number of hydrogen-bond acceptors (Lipinski definition) is 5. The molecule has 0 unspecified atom stereocenters. The average Bonchev–Trinajstić information content (AvgIpc) is 3.02. The maximum atomic E-state index is 13.1. The molecule has 0 saturated heterocycles. The lowest BCUT2D eigenvalue weighted by Gasteiger charge is -2.17. The Balaban J connectivity index is 1.76. The predicted octanol–water partition coefficient (Wildman–Crippen LogP) is 4.12. The quantitative estimate of drug-likeness (QED) is 0.661. The molecule has 9 heteroatoms. The summed E-state index contributed by atoms with van der Waals surface area (Å²) in [6, 6.07) is 9.08. The predicted molar refractivity (Wildman–Crippen MR) is 115 cm³/mol. The second kappa shape index (κ2) is 8.10. The largest absolute Gasteiger partial charge is 0.291 e. The van der Waals surface area contributed by atoms with E-state index in [1.807, 2.05) is 0 Å². The number of nitrogens with one attached hydrogen (secondary N) is 1. The Morgan fingerprint density at radius 2 is 1.70 bits per heavy atom. The third-order valence-corrected chi connectivity index (χ3v) is 5.90. The van der Waals surface area contributed by atoms with Gasteiger partial charge in [0, 0.05) is 29.8 Å². The number of anilines is 1. The molecule has 1 aromatic heterocycles. The highest BCUT2D eigenvalue weighted by molar-refractivity contribution is 7.93. The summed E-state index contributed by atoms with van der Waals surface area (Å²) < 4.78 is 28.8. The van der Waals surface area contributed by atoms with Crippen molar-refractivity contribution in [2.45, 2.75) is 4.90 Å². The lowest BCUT2D eigenvalue weighted by Crippen LogP contribution is -2.23. The van der Waals surface area contributed by atoms with Crippen molar-refractivity contribution in [2.75, 3.05) is 4.72 Å². The second-order valence-electron chi connectivity index (χ2n) is 6.26.